The van der Waals surface area contributed by atoms with Gasteiger partial charge in [0.2, 0.25) is 10.0 Å². The van der Waals surface area contributed by atoms with E-state index in [1.807, 2.05) is 18.2 Å². The van der Waals surface area contributed by atoms with Crippen LogP contribution >= 0.6 is 0 Å². The van der Waals surface area contributed by atoms with E-state index in [1.54, 1.807) is 66.9 Å². The minimum atomic E-state index is -3.47. The SMILES string of the molecule is CN(c1ccccc1-c1ccc2c(c1)Nc1ccc(NC(=O)c3ccccn3)cc1NC2=O)S(C)(=O)=O. The molecule has 3 aromatic carbocycles. The zero-order valence-electron chi connectivity index (χ0n) is 20.0. The molecule has 0 atom stereocenters. The molecule has 0 bridgehead atoms. The van der Waals surface area contributed by atoms with E-state index in [-0.39, 0.29) is 17.5 Å². The number of amides is 2. The van der Waals surface area contributed by atoms with E-state index >= 15 is 0 Å². The molecule has 0 spiro atoms. The summed E-state index contributed by atoms with van der Waals surface area (Å²) in [6.45, 7) is 0. The molecule has 9 nitrogen and oxygen atoms in total. The van der Waals surface area contributed by atoms with Crippen molar-refractivity contribution >= 4 is 50.3 Å². The lowest BCUT2D eigenvalue weighted by Gasteiger charge is -2.21. The summed E-state index contributed by atoms with van der Waals surface area (Å²) in [5.74, 6) is -0.679. The molecule has 37 heavy (non-hydrogen) atoms. The predicted octanol–water partition coefficient (Wildman–Crippen LogP) is 4.71. The Morgan fingerprint density at radius 1 is 0.865 bits per heavy atom. The van der Waals surface area contributed by atoms with Crippen molar-refractivity contribution in [3.8, 4) is 11.1 Å². The molecular formula is C27H23N5O4S. The Bertz CT molecular complexity index is 1640. The number of rotatable bonds is 5. The second-order valence-electron chi connectivity index (χ2n) is 8.52. The molecular weight excluding hydrogens is 490 g/mol. The zero-order valence-corrected chi connectivity index (χ0v) is 20.8. The molecule has 1 aromatic heterocycles. The highest BCUT2D eigenvalue weighted by Gasteiger charge is 2.22. The first kappa shape index (κ1) is 24.0. The standard InChI is InChI=1S/C27H23N5O4S/c1-32(37(2,35)36)25-9-4-3-7-19(25)17-10-12-20-23(15-17)30-21-13-11-18(16-24(21)31-26(20)33)29-27(34)22-8-5-6-14-28-22/h3-16,30H,1-2H3,(H,29,34)(H,31,33). The van der Waals surface area contributed by atoms with Gasteiger partial charge >= 0.3 is 0 Å². The average Bonchev–Trinajstić information content (AvgIpc) is 3.03. The molecule has 0 fully saturated rings. The maximum absolute atomic E-state index is 13.0. The van der Waals surface area contributed by atoms with E-state index in [4.69, 9.17) is 0 Å². The van der Waals surface area contributed by atoms with Gasteiger partial charge in [0, 0.05) is 24.5 Å². The normalized spacial score (nSPS) is 12.3. The molecule has 4 aromatic rings. The molecule has 186 valence electrons. The summed E-state index contributed by atoms with van der Waals surface area (Å²) in [5, 5.41) is 8.97. The van der Waals surface area contributed by atoms with Gasteiger partial charge in [0.1, 0.15) is 5.69 Å². The first-order valence-corrected chi connectivity index (χ1v) is 13.2. The van der Waals surface area contributed by atoms with E-state index in [0.717, 1.165) is 11.8 Å². The lowest BCUT2D eigenvalue weighted by Crippen LogP contribution is -2.25. The molecule has 2 amide bonds. The molecule has 0 aliphatic carbocycles. The van der Waals surface area contributed by atoms with Gasteiger partial charge in [-0.2, -0.15) is 0 Å². The van der Waals surface area contributed by atoms with Crippen LogP contribution in [0, 0.1) is 0 Å². The van der Waals surface area contributed by atoms with Crippen molar-refractivity contribution in [3.05, 3.63) is 96.3 Å². The molecule has 0 saturated carbocycles. The van der Waals surface area contributed by atoms with Crippen LogP contribution < -0.4 is 20.3 Å². The van der Waals surface area contributed by atoms with Crippen LogP contribution in [-0.2, 0) is 10.0 Å². The number of benzene rings is 3. The quantitative estimate of drug-likeness (QED) is 0.356. The smallest absolute Gasteiger partial charge is 0.274 e. The van der Waals surface area contributed by atoms with Crippen molar-refractivity contribution in [1.82, 2.24) is 4.98 Å². The van der Waals surface area contributed by atoms with Crippen molar-refractivity contribution in [1.29, 1.82) is 0 Å². The van der Waals surface area contributed by atoms with Crippen molar-refractivity contribution in [2.45, 2.75) is 0 Å². The molecule has 5 rings (SSSR count). The Morgan fingerprint density at radius 3 is 2.41 bits per heavy atom. The van der Waals surface area contributed by atoms with Crippen LogP contribution in [0.25, 0.3) is 11.1 Å². The van der Waals surface area contributed by atoms with Crippen LogP contribution in [0.3, 0.4) is 0 Å². The molecule has 2 heterocycles. The fourth-order valence-corrected chi connectivity index (χ4v) is 4.56. The lowest BCUT2D eigenvalue weighted by molar-refractivity contribution is 0.101. The number of nitrogens with one attached hydrogen (secondary N) is 3. The first-order valence-electron chi connectivity index (χ1n) is 11.3. The van der Waals surface area contributed by atoms with Gasteiger partial charge in [-0.1, -0.05) is 30.3 Å². The zero-order chi connectivity index (χ0) is 26.2. The predicted molar refractivity (Wildman–Crippen MR) is 145 cm³/mol. The highest BCUT2D eigenvalue weighted by atomic mass is 32.2. The lowest BCUT2D eigenvalue weighted by atomic mass is 10.0. The molecule has 10 heteroatoms. The number of hydrogen-bond acceptors (Lipinski definition) is 6. The van der Waals surface area contributed by atoms with Crippen LogP contribution in [0.1, 0.15) is 20.8 Å². The van der Waals surface area contributed by atoms with Crippen molar-refractivity contribution < 1.29 is 18.0 Å². The second kappa shape index (κ2) is 9.40. The topological polar surface area (TPSA) is 120 Å². The van der Waals surface area contributed by atoms with Crippen LogP contribution in [0.4, 0.5) is 28.4 Å². The van der Waals surface area contributed by atoms with E-state index in [9.17, 15) is 18.0 Å². The van der Waals surface area contributed by atoms with Gasteiger partial charge in [-0.05, 0) is 54.1 Å². The number of aromatic nitrogens is 1. The Hall–Kier alpha value is -4.70. The van der Waals surface area contributed by atoms with Gasteiger partial charge in [0.05, 0.1) is 34.6 Å². The van der Waals surface area contributed by atoms with E-state index in [1.165, 1.54) is 11.4 Å². The number of pyridine rings is 1. The number of carbonyl (C=O) groups excluding carboxylic acids is 2. The fourth-order valence-electron chi connectivity index (χ4n) is 4.05. The fraction of sp³-hybridized carbons (Fsp3) is 0.0741. The third-order valence-electron chi connectivity index (χ3n) is 6.01. The van der Waals surface area contributed by atoms with Gasteiger partial charge in [-0.25, -0.2) is 8.42 Å². The highest BCUT2D eigenvalue weighted by Crippen LogP contribution is 2.38. The summed E-state index contributed by atoms with van der Waals surface area (Å²) in [6.07, 6.45) is 2.69. The number of fused-ring (bicyclic) bond motifs is 2. The molecule has 0 saturated heterocycles. The number of para-hydroxylation sites is 1. The summed E-state index contributed by atoms with van der Waals surface area (Å²) >= 11 is 0. The Labute approximate surface area is 214 Å². The van der Waals surface area contributed by atoms with Gasteiger partial charge in [0.25, 0.3) is 11.8 Å². The molecule has 1 aliphatic heterocycles. The molecule has 3 N–H and O–H groups in total. The first-order chi connectivity index (χ1) is 17.7. The minimum absolute atomic E-state index is 0.279. The number of carbonyl (C=O) groups is 2. The maximum Gasteiger partial charge on any atom is 0.274 e. The summed E-state index contributed by atoms with van der Waals surface area (Å²) in [4.78, 5) is 29.6. The van der Waals surface area contributed by atoms with Crippen LogP contribution in [-0.4, -0.2) is 38.5 Å². The maximum atomic E-state index is 13.0. The number of anilines is 5. The summed E-state index contributed by atoms with van der Waals surface area (Å²) in [7, 11) is -1.97. The van der Waals surface area contributed by atoms with E-state index in [2.05, 4.69) is 20.9 Å². The van der Waals surface area contributed by atoms with Gasteiger partial charge < -0.3 is 16.0 Å². The van der Waals surface area contributed by atoms with Crippen LogP contribution in [0.15, 0.2) is 85.1 Å². The van der Waals surface area contributed by atoms with Crippen molar-refractivity contribution in [2.75, 3.05) is 33.6 Å². The second-order valence-corrected chi connectivity index (χ2v) is 10.5. The third-order valence-corrected chi connectivity index (χ3v) is 7.20. The van der Waals surface area contributed by atoms with Gasteiger partial charge in [-0.3, -0.25) is 18.9 Å². The summed E-state index contributed by atoms with van der Waals surface area (Å²) in [6, 6.07) is 22.7. The van der Waals surface area contributed by atoms with Gasteiger partial charge in [-0.15, -0.1) is 0 Å². The summed E-state index contributed by atoms with van der Waals surface area (Å²) in [5.41, 5.74) is 4.88. The van der Waals surface area contributed by atoms with Crippen molar-refractivity contribution in [3.63, 3.8) is 0 Å². The van der Waals surface area contributed by atoms with E-state index in [0.29, 0.717) is 39.6 Å². The molecule has 1 aliphatic rings. The largest absolute Gasteiger partial charge is 0.353 e. The third kappa shape index (κ3) is 4.87. The molecule has 0 unspecified atom stereocenters. The van der Waals surface area contributed by atoms with Crippen LogP contribution in [0.2, 0.25) is 0 Å². The molecule has 0 radical (unpaired) electrons. The number of sulfonamides is 1. The Morgan fingerprint density at radius 2 is 1.65 bits per heavy atom. The van der Waals surface area contributed by atoms with Crippen LogP contribution in [0.5, 0.6) is 0 Å². The number of nitrogens with zero attached hydrogens (tertiary/aromatic N) is 2. The van der Waals surface area contributed by atoms with Crippen molar-refractivity contribution in [2.24, 2.45) is 0 Å². The average molecular weight is 514 g/mol. The van der Waals surface area contributed by atoms with E-state index < -0.39 is 10.0 Å². The monoisotopic (exact) mass is 513 g/mol. The Balaban J connectivity index is 1.47. The number of hydrogen-bond donors (Lipinski definition) is 3. The van der Waals surface area contributed by atoms with Gasteiger partial charge in [0.15, 0.2) is 0 Å². The Kier molecular flexibility index (Phi) is 6.10. The highest BCUT2D eigenvalue weighted by molar-refractivity contribution is 7.92. The minimum Gasteiger partial charge on any atom is -0.353 e. The summed E-state index contributed by atoms with van der Waals surface area (Å²) < 4.78 is 25.6.